The van der Waals surface area contributed by atoms with Crippen molar-refractivity contribution in [2.75, 3.05) is 13.2 Å². The van der Waals surface area contributed by atoms with E-state index in [0.29, 0.717) is 43.1 Å². The summed E-state index contributed by atoms with van der Waals surface area (Å²) in [5.41, 5.74) is 4.05. The molecule has 0 saturated heterocycles. The number of β-amino-alcohol motifs (C(OH)–C–C–N with tert-alkyl or cyclic N) is 1. The van der Waals surface area contributed by atoms with Crippen LogP contribution < -0.4 is 5.32 Å². The minimum Gasteiger partial charge on any atom is -0.460 e. The van der Waals surface area contributed by atoms with Crippen molar-refractivity contribution in [3.8, 4) is 0 Å². The molecule has 4 saturated carbocycles. The molecule has 0 bridgehead atoms. The zero-order chi connectivity index (χ0) is 39.2. The zero-order valence-corrected chi connectivity index (χ0v) is 35.3. The van der Waals surface area contributed by atoms with Gasteiger partial charge in [0.15, 0.2) is 0 Å². The van der Waals surface area contributed by atoms with Crippen LogP contribution in [-0.2, 0) is 16.1 Å². The van der Waals surface area contributed by atoms with Crippen LogP contribution in [0.5, 0.6) is 0 Å². The Kier molecular flexibility index (Phi) is 9.94. The number of carbonyl (C=O) groups is 1. The van der Waals surface area contributed by atoms with Gasteiger partial charge in [0.2, 0.25) is 0 Å². The Balaban J connectivity index is 1.15. The fourth-order valence-electron chi connectivity index (χ4n) is 15.0. The molecule has 4 nitrogen and oxygen atoms in total. The van der Waals surface area contributed by atoms with Gasteiger partial charge >= 0.3 is 5.97 Å². The van der Waals surface area contributed by atoms with E-state index in [-0.39, 0.29) is 39.2 Å². The van der Waals surface area contributed by atoms with Gasteiger partial charge in [0.1, 0.15) is 13.3 Å². The smallest absolute Gasteiger partial charge is 0.315 e. The summed E-state index contributed by atoms with van der Waals surface area (Å²) in [6.45, 7) is 26.6. The van der Waals surface area contributed by atoms with Gasteiger partial charge in [-0.25, -0.2) is 4.39 Å². The number of esters is 1. The Morgan fingerprint density at radius 2 is 1.59 bits per heavy atom. The predicted molar refractivity (Wildman–Crippen MR) is 218 cm³/mol. The predicted octanol–water partition coefficient (Wildman–Crippen LogP) is 11.5. The van der Waals surface area contributed by atoms with Gasteiger partial charge in [-0.1, -0.05) is 96.2 Å². The number of nitrogens with one attached hydrogen (secondary N) is 1. The molecular formula is C49H72FNO3. The molecule has 10 atom stereocenters. The number of halogens is 1. The molecule has 0 aromatic heterocycles. The molecule has 5 heteroatoms. The topological polar surface area (TPSA) is 58.6 Å². The SMILES string of the molecule is C=C(C)[C@@H]1CC[C@]2(NCC(C)(C)O)CC[C@@]3(C)[C@]4(C)CC[C@H]5C(C)(C)C(C6=CC[C@](CF)(C(=O)OCc7ccccc7)CC6)=CC[C@]5(C)[C@H]4CC[C@]3(C)[C@@H]12. The molecular weight excluding hydrogens is 670 g/mol. The Hall–Kier alpha value is -2.24. The number of fused-ring (bicyclic) bond motifs is 7. The standard InChI is InChI=1S/C49H72FNO3/c1-33(2)36-18-27-49(51-32-42(3,4)53)29-28-47(10)45(8)23-20-38-43(5,6)37(19-22-44(38,7)39(45)21-24-46(47,9)40(36)49)35-16-25-48(31-50,26-17-35)41(52)54-30-34-14-12-11-13-15-34/h11-16,19,36,38-40,51,53H,1,17-18,20-32H2,2-10H3/t36-,38-,39+,40+,44-,45+,46+,47-,48-,49-/m0/s1. The number of hydrogen-bond acceptors (Lipinski definition) is 4. The van der Waals surface area contributed by atoms with E-state index >= 15 is 0 Å². The molecule has 6 aliphatic rings. The van der Waals surface area contributed by atoms with Gasteiger partial charge in [-0.05, 0) is 165 Å². The number of hydrogen-bond donors (Lipinski definition) is 2. The monoisotopic (exact) mass is 742 g/mol. The largest absolute Gasteiger partial charge is 0.460 e. The van der Waals surface area contributed by atoms with Crippen LogP contribution in [0, 0.1) is 56.2 Å². The molecule has 7 rings (SSSR count). The van der Waals surface area contributed by atoms with Gasteiger partial charge in [-0.3, -0.25) is 4.79 Å². The van der Waals surface area contributed by atoms with E-state index < -0.39 is 23.7 Å². The lowest BCUT2D eigenvalue weighted by molar-refractivity contribution is -0.257. The molecule has 4 fully saturated rings. The average molecular weight is 742 g/mol. The molecule has 0 radical (unpaired) electrons. The molecule has 0 spiro atoms. The Morgan fingerprint density at radius 3 is 2.22 bits per heavy atom. The molecule has 0 heterocycles. The van der Waals surface area contributed by atoms with Crippen LogP contribution in [-0.4, -0.2) is 35.4 Å². The number of carbonyl (C=O) groups excluding carboxylic acids is 1. The summed E-state index contributed by atoms with van der Waals surface area (Å²) < 4.78 is 20.5. The molecule has 54 heavy (non-hydrogen) atoms. The Labute approximate surface area is 327 Å². The fourth-order valence-corrected chi connectivity index (χ4v) is 15.0. The summed E-state index contributed by atoms with van der Waals surface area (Å²) in [5.74, 6) is 1.83. The van der Waals surface area contributed by atoms with E-state index in [1.165, 1.54) is 68.1 Å². The van der Waals surface area contributed by atoms with Crippen molar-refractivity contribution in [3.05, 3.63) is 71.3 Å². The zero-order valence-electron chi connectivity index (χ0n) is 35.3. The van der Waals surface area contributed by atoms with Crippen LogP contribution in [0.2, 0.25) is 0 Å². The first-order valence-electron chi connectivity index (χ1n) is 21.5. The van der Waals surface area contributed by atoms with E-state index in [4.69, 9.17) is 4.74 Å². The number of alkyl halides is 1. The number of benzene rings is 1. The second-order valence-corrected chi connectivity index (χ2v) is 21.6. The third-order valence-corrected chi connectivity index (χ3v) is 18.1. The minimum atomic E-state index is -1.09. The maximum Gasteiger partial charge on any atom is 0.315 e. The second-order valence-electron chi connectivity index (χ2n) is 21.6. The van der Waals surface area contributed by atoms with Crippen molar-refractivity contribution in [2.24, 2.45) is 56.2 Å². The number of ether oxygens (including phenoxy) is 1. The second kappa shape index (κ2) is 13.4. The molecule has 0 unspecified atom stereocenters. The average Bonchev–Trinajstić information content (AvgIpc) is 3.53. The van der Waals surface area contributed by atoms with Crippen LogP contribution >= 0.6 is 0 Å². The van der Waals surface area contributed by atoms with Crippen molar-refractivity contribution in [2.45, 2.75) is 157 Å². The van der Waals surface area contributed by atoms with Gasteiger partial charge in [-0.2, -0.15) is 0 Å². The Morgan fingerprint density at radius 1 is 0.907 bits per heavy atom. The molecule has 0 aliphatic heterocycles. The van der Waals surface area contributed by atoms with Gasteiger partial charge in [0.05, 0.1) is 11.0 Å². The Bertz CT molecular complexity index is 1690. The lowest BCUT2D eigenvalue weighted by atomic mass is 9.29. The van der Waals surface area contributed by atoms with Gasteiger partial charge in [0, 0.05) is 12.1 Å². The van der Waals surface area contributed by atoms with Crippen LogP contribution in [0.15, 0.2) is 65.8 Å². The first-order chi connectivity index (χ1) is 25.2. The summed E-state index contributed by atoms with van der Waals surface area (Å²) in [6, 6.07) is 9.68. The van der Waals surface area contributed by atoms with Crippen molar-refractivity contribution < 1.29 is 19.0 Å². The summed E-state index contributed by atoms with van der Waals surface area (Å²) in [5, 5.41) is 14.9. The molecule has 1 aromatic rings. The van der Waals surface area contributed by atoms with E-state index in [1.807, 2.05) is 44.2 Å². The van der Waals surface area contributed by atoms with Crippen LogP contribution in [0.3, 0.4) is 0 Å². The quantitative estimate of drug-likeness (QED) is 0.195. The number of aliphatic hydroxyl groups is 1. The lowest BCUT2D eigenvalue weighted by Crippen LogP contribution is -2.72. The molecule has 2 N–H and O–H groups in total. The highest BCUT2D eigenvalue weighted by Gasteiger charge is 2.74. The van der Waals surface area contributed by atoms with Gasteiger partial charge < -0.3 is 15.2 Å². The lowest BCUT2D eigenvalue weighted by Gasteiger charge is -2.76. The molecule has 298 valence electrons. The summed E-state index contributed by atoms with van der Waals surface area (Å²) in [4.78, 5) is 13.4. The fraction of sp³-hybridized carbons (Fsp3) is 0.735. The molecule has 1 aromatic carbocycles. The maximum atomic E-state index is 14.8. The van der Waals surface area contributed by atoms with Crippen molar-refractivity contribution >= 4 is 5.97 Å². The third-order valence-electron chi connectivity index (χ3n) is 18.1. The van der Waals surface area contributed by atoms with Crippen LogP contribution in [0.1, 0.15) is 145 Å². The maximum absolute atomic E-state index is 14.8. The molecule has 0 amide bonds. The van der Waals surface area contributed by atoms with Crippen LogP contribution in [0.25, 0.3) is 0 Å². The highest BCUT2D eigenvalue weighted by molar-refractivity contribution is 5.78. The van der Waals surface area contributed by atoms with Crippen LogP contribution in [0.4, 0.5) is 4.39 Å². The summed E-state index contributed by atoms with van der Waals surface area (Å²) >= 11 is 0. The van der Waals surface area contributed by atoms with E-state index in [0.717, 1.165) is 18.4 Å². The highest BCUT2D eigenvalue weighted by atomic mass is 19.1. The first-order valence-corrected chi connectivity index (χ1v) is 21.5. The van der Waals surface area contributed by atoms with Crippen molar-refractivity contribution in [1.82, 2.24) is 5.32 Å². The normalized spacial score (nSPS) is 42.7. The summed E-state index contributed by atoms with van der Waals surface area (Å²) in [6.07, 6.45) is 17.3. The van der Waals surface area contributed by atoms with E-state index in [9.17, 15) is 14.3 Å². The highest BCUT2D eigenvalue weighted by Crippen LogP contribution is 2.80. The van der Waals surface area contributed by atoms with Crippen molar-refractivity contribution in [1.29, 1.82) is 0 Å². The minimum absolute atomic E-state index is 0.00934. The van der Waals surface area contributed by atoms with E-state index in [1.54, 1.807) is 0 Å². The number of allylic oxidation sites excluding steroid dienone is 5. The first kappa shape index (κ1) is 40.0. The number of rotatable bonds is 9. The van der Waals surface area contributed by atoms with Gasteiger partial charge in [-0.15, -0.1) is 0 Å². The van der Waals surface area contributed by atoms with E-state index in [2.05, 4.69) is 72.5 Å². The van der Waals surface area contributed by atoms with Gasteiger partial charge in [0.25, 0.3) is 0 Å². The summed E-state index contributed by atoms with van der Waals surface area (Å²) in [7, 11) is 0. The molecule has 6 aliphatic carbocycles. The third kappa shape index (κ3) is 5.89. The van der Waals surface area contributed by atoms with Crippen molar-refractivity contribution in [3.63, 3.8) is 0 Å².